The number of hydrogen-bond acceptors (Lipinski definition) is 7. The molecule has 0 spiro atoms. The fourth-order valence-corrected chi connectivity index (χ4v) is 3.64. The van der Waals surface area contributed by atoms with E-state index >= 15 is 0 Å². The largest absolute Gasteiger partial charge is 0.490 e. The number of nitriles is 1. The summed E-state index contributed by atoms with van der Waals surface area (Å²) in [6.07, 6.45) is 21.8. The van der Waals surface area contributed by atoms with Crippen LogP contribution in [-0.2, 0) is 16.1 Å². The van der Waals surface area contributed by atoms with Crippen molar-refractivity contribution in [1.29, 1.82) is 5.26 Å². The molecule has 3 aromatic heterocycles. The number of ether oxygens (including phenoxy) is 2. The molecular formula is C30H31N5O4. The van der Waals surface area contributed by atoms with Gasteiger partial charge in [0.15, 0.2) is 0 Å². The minimum absolute atomic E-state index is 0.0880. The van der Waals surface area contributed by atoms with Crippen LogP contribution in [-0.4, -0.2) is 22.3 Å². The summed E-state index contributed by atoms with van der Waals surface area (Å²) in [7, 11) is 0. The number of fused-ring (bicyclic) bond motifs is 1. The number of nitrogens with one attached hydrogen (secondary N) is 2. The molecule has 0 unspecified atom stereocenters. The second-order valence-electron chi connectivity index (χ2n) is 8.06. The van der Waals surface area contributed by atoms with Gasteiger partial charge in [-0.1, -0.05) is 24.3 Å². The quantitative estimate of drug-likeness (QED) is 0.230. The molecule has 1 amide bonds. The van der Waals surface area contributed by atoms with Crippen LogP contribution in [0.2, 0.25) is 0 Å². The molecule has 1 aliphatic carbocycles. The third-order valence-corrected chi connectivity index (χ3v) is 5.50. The predicted molar refractivity (Wildman–Crippen MR) is 152 cm³/mol. The van der Waals surface area contributed by atoms with E-state index in [-0.39, 0.29) is 6.61 Å². The Hall–Kier alpha value is -5.23. The van der Waals surface area contributed by atoms with E-state index in [9.17, 15) is 10.1 Å². The highest BCUT2D eigenvalue weighted by molar-refractivity contribution is 5.92. The van der Waals surface area contributed by atoms with Gasteiger partial charge in [0.2, 0.25) is 0 Å². The molecule has 0 aromatic carbocycles. The van der Waals surface area contributed by atoms with Gasteiger partial charge in [0.05, 0.1) is 47.4 Å². The normalized spacial score (nSPS) is 12.7. The third kappa shape index (κ3) is 7.63. The van der Waals surface area contributed by atoms with Gasteiger partial charge >= 0.3 is 6.09 Å². The van der Waals surface area contributed by atoms with Gasteiger partial charge in [-0.2, -0.15) is 10.4 Å². The summed E-state index contributed by atoms with van der Waals surface area (Å²) in [6, 6.07) is 3.92. The summed E-state index contributed by atoms with van der Waals surface area (Å²) >= 11 is 0. The van der Waals surface area contributed by atoms with Gasteiger partial charge in [0.25, 0.3) is 0 Å². The number of carbonyl (C=O) groups excluding carboxylic acids is 1. The van der Waals surface area contributed by atoms with Crippen LogP contribution in [0.3, 0.4) is 0 Å². The number of aromatic nitrogens is 2. The molecule has 0 atom stereocenters. The zero-order chi connectivity index (χ0) is 28.0. The molecule has 0 aliphatic heterocycles. The number of furan rings is 1. The van der Waals surface area contributed by atoms with E-state index in [2.05, 4.69) is 35.0 Å². The van der Waals surface area contributed by atoms with E-state index in [4.69, 9.17) is 13.9 Å². The van der Waals surface area contributed by atoms with Gasteiger partial charge < -0.3 is 19.2 Å². The second-order valence-corrected chi connectivity index (χ2v) is 8.06. The number of nitrogens with zero attached hydrogens (tertiary/aromatic N) is 3. The minimum Gasteiger partial charge on any atom is -0.490 e. The summed E-state index contributed by atoms with van der Waals surface area (Å²) in [5, 5.41) is 20.2. The molecule has 2 N–H and O–H groups in total. The highest BCUT2D eigenvalue weighted by atomic mass is 16.5. The number of hydrogen-bond donors (Lipinski definition) is 2. The van der Waals surface area contributed by atoms with Crippen molar-refractivity contribution in [1.82, 2.24) is 9.61 Å². The standard InChI is InChI=1S/C28H27N5O4.C2H4/c1-3-4-5-6-13-36-24-9-7-8-23(10-11-24)31-26-22(15-29)16-30-33-17-25(20(2)27(26)33)32-28(34)37-19-21-12-14-35-18-21;1-2/h3-6,8-12,14,16-18,31H,7,13,19H2,1-2H3,(H,32,34);1-2H2/b4-3-,6-5-;. The van der Waals surface area contributed by atoms with Crippen LogP contribution in [0.1, 0.15) is 30.0 Å². The van der Waals surface area contributed by atoms with Crippen LogP contribution in [0, 0.1) is 18.3 Å². The van der Waals surface area contributed by atoms with Crippen LogP contribution in [0.4, 0.5) is 16.2 Å². The van der Waals surface area contributed by atoms with Crippen LogP contribution in [0.5, 0.6) is 0 Å². The Morgan fingerprint density at radius 3 is 2.90 bits per heavy atom. The van der Waals surface area contributed by atoms with Gasteiger partial charge in [-0.3, -0.25) is 5.32 Å². The lowest BCUT2D eigenvalue weighted by Gasteiger charge is -2.12. The van der Waals surface area contributed by atoms with Crippen LogP contribution in [0.15, 0.2) is 109 Å². The van der Waals surface area contributed by atoms with Crippen molar-refractivity contribution < 1.29 is 18.7 Å². The van der Waals surface area contributed by atoms with Crippen molar-refractivity contribution >= 4 is 23.0 Å². The van der Waals surface area contributed by atoms with Crippen molar-refractivity contribution in [3.8, 4) is 6.07 Å². The third-order valence-electron chi connectivity index (χ3n) is 5.50. The highest BCUT2D eigenvalue weighted by Crippen LogP contribution is 2.31. The Kier molecular flexibility index (Phi) is 10.5. The van der Waals surface area contributed by atoms with E-state index in [0.29, 0.717) is 35.5 Å². The van der Waals surface area contributed by atoms with E-state index < -0.39 is 6.09 Å². The Balaban J connectivity index is 0.00000205. The zero-order valence-corrected chi connectivity index (χ0v) is 22.0. The van der Waals surface area contributed by atoms with E-state index in [0.717, 1.165) is 22.6 Å². The molecule has 9 nitrogen and oxygen atoms in total. The Bertz CT molecular complexity index is 1470. The van der Waals surface area contributed by atoms with E-state index in [1.54, 1.807) is 16.8 Å². The van der Waals surface area contributed by atoms with Crippen molar-refractivity contribution in [2.75, 3.05) is 17.2 Å². The number of allylic oxidation sites excluding steroid dienone is 7. The number of rotatable bonds is 9. The molecule has 9 heteroatoms. The average Bonchev–Trinajstić information content (AvgIpc) is 3.52. The molecule has 4 rings (SSSR count). The first-order valence-corrected chi connectivity index (χ1v) is 12.2. The Labute approximate surface area is 227 Å². The number of carbonyl (C=O) groups is 1. The average molecular weight is 526 g/mol. The van der Waals surface area contributed by atoms with Crippen molar-refractivity contribution in [3.05, 3.63) is 121 Å². The Morgan fingerprint density at radius 2 is 2.15 bits per heavy atom. The molecule has 0 saturated heterocycles. The molecule has 3 aromatic rings. The Morgan fingerprint density at radius 1 is 1.31 bits per heavy atom. The molecular weight excluding hydrogens is 494 g/mol. The van der Waals surface area contributed by atoms with Crippen LogP contribution in [0.25, 0.3) is 5.52 Å². The smallest absolute Gasteiger partial charge is 0.412 e. The molecule has 0 radical (unpaired) electrons. The highest BCUT2D eigenvalue weighted by Gasteiger charge is 2.18. The van der Waals surface area contributed by atoms with Crippen molar-refractivity contribution in [2.45, 2.75) is 26.9 Å². The van der Waals surface area contributed by atoms with Crippen LogP contribution < -0.4 is 10.6 Å². The molecule has 1 aliphatic rings. The first kappa shape index (κ1) is 28.3. The zero-order valence-electron chi connectivity index (χ0n) is 22.0. The predicted octanol–water partition coefficient (Wildman–Crippen LogP) is 6.95. The summed E-state index contributed by atoms with van der Waals surface area (Å²) in [4.78, 5) is 12.4. The fourth-order valence-electron chi connectivity index (χ4n) is 3.64. The molecule has 3 heterocycles. The molecule has 200 valence electrons. The number of amides is 1. The monoisotopic (exact) mass is 525 g/mol. The van der Waals surface area contributed by atoms with Gasteiger partial charge in [-0.25, -0.2) is 9.31 Å². The van der Waals surface area contributed by atoms with Crippen LogP contribution >= 0.6 is 0 Å². The number of anilines is 2. The lowest BCUT2D eigenvalue weighted by atomic mass is 10.1. The SMILES string of the molecule is C/C=C\C=C/COC1=CCC=C(Nc2c(C#N)cnn3cc(NC(=O)OCc4ccoc4)c(C)c23)C=C1.C=C. The maximum Gasteiger partial charge on any atom is 0.412 e. The lowest BCUT2D eigenvalue weighted by molar-refractivity contribution is 0.155. The first-order chi connectivity index (χ1) is 19.1. The lowest BCUT2D eigenvalue weighted by Crippen LogP contribution is -2.13. The maximum absolute atomic E-state index is 12.4. The van der Waals surface area contributed by atoms with E-state index in [1.807, 2.05) is 62.5 Å². The summed E-state index contributed by atoms with van der Waals surface area (Å²) in [6.45, 7) is 10.4. The summed E-state index contributed by atoms with van der Waals surface area (Å²) < 4.78 is 17.7. The van der Waals surface area contributed by atoms with Gasteiger partial charge in [0, 0.05) is 16.8 Å². The molecule has 0 fully saturated rings. The van der Waals surface area contributed by atoms with Gasteiger partial charge in [0.1, 0.15) is 25.0 Å². The molecule has 0 saturated carbocycles. The van der Waals surface area contributed by atoms with E-state index in [1.165, 1.54) is 18.7 Å². The van der Waals surface area contributed by atoms with Crippen molar-refractivity contribution in [3.63, 3.8) is 0 Å². The van der Waals surface area contributed by atoms with Gasteiger partial charge in [-0.05, 0) is 50.6 Å². The topological polar surface area (TPSA) is 114 Å². The summed E-state index contributed by atoms with van der Waals surface area (Å²) in [5.74, 6) is 0.762. The van der Waals surface area contributed by atoms with Gasteiger partial charge in [-0.15, -0.1) is 13.2 Å². The first-order valence-electron chi connectivity index (χ1n) is 12.2. The molecule has 39 heavy (non-hydrogen) atoms. The fraction of sp³-hybridized carbons (Fsp3) is 0.167. The maximum atomic E-state index is 12.4. The summed E-state index contributed by atoms with van der Waals surface area (Å²) in [5.41, 5.74) is 4.44. The minimum atomic E-state index is -0.608. The number of aryl methyl sites for hydroxylation is 1. The second kappa shape index (κ2) is 14.5. The van der Waals surface area contributed by atoms with Crippen molar-refractivity contribution in [2.24, 2.45) is 0 Å². The molecule has 0 bridgehead atoms.